The van der Waals surface area contributed by atoms with Crippen molar-refractivity contribution in [2.45, 2.75) is 32.7 Å². The highest BCUT2D eigenvalue weighted by molar-refractivity contribution is 5.78. The van der Waals surface area contributed by atoms with Crippen LogP contribution in [0.2, 0.25) is 0 Å². The van der Waals surface area contributed by atoms with Crippen molar-refractivity contribution in [3.8, 4) is 11.5 Å². The Morgan fingerprint density at radius 3 is 2.62 bits per heavy atom. The number of benzene rings is 1. The minimum Gasteiger partial charge on any atom is -0.441 e. The Morgan fingerprint density at radius 1 is 1.33 bits per heavy atom. The predicted molar refractivity (Wildman–Crippen MR) is 81.7 cm³/mol. The van der Waals surface area contributed by atoms with Gasteiger partial charge < -0.3 is 15.5 Å². The van der Waals surface area contributed by atoms with Crippen molar-refractivity contribution in [3.63, 3.8) is 0 Å². The van der Waals surface area contributed by atoms with Crippen LogP contribution in [0.5, 0.6) is 0 Å². The summed E-state index contributed by atoms with van der Waals surface area (Å²) in [6.07, 6.45) is 0.193. The second kappa shape index (κ2) is 6.10. The molecule has 0 bridgehead atoms. The van der Waals surface area contributed by atoms with Crippen LogP contribution < -0.4 is 11.1 Å². The summed E-state index contributed by atoms with van der Waals surface area (Å²) in [5, 5.41) is 2.80. The van der Waals surface area contributed by atoms with Crippen LogP contribution >= 0.6 is 0 Å². The molecule has 1 amide bonds. The third-order valence-corrected chi connectivity index (χ3v) is 2.98. The quantitative estimate of drug-likeness (QED) is 0.882. The van der Waals surface area contributed by atoms with Gasteiger partial charge in [0.1, 0.15) is 5.76 Å². The van der Waals surface area contributed by atoms with E-state index in [-0.39, 0.29) is 12.3 Å². The molecule has 5 heteroatoms. The molecule has 0 saturated carbocycles. The van der Waals surface area contributed by atoms with E-state index < -0.39 is 5.54 Å². The summed E-state index contributed by atoms with van der Waals surface area (Å²) < 4.78 is 5.63. The Kier molecular flexibility index (Phi) is 4.43. The van der Waals surface area contributed by atoms with E-state index in [1.807, 2.05) is 51.1 Å². The first-order chi connectivity index (χ1) is 9.85. The molecule has 0 fully saturated rings. The van der Waals surface area contributed by atoms with Gasteiger partial charge in [0.15, 0.2) is 0 Å². The molecule has 0 aliphatic carbocycles. The van der Waals surface area contributed by atoms with Gasteiger partial charge in [0, 0.05) is 17.6 Å². The molecule has 112 valence electrons. The van der Waals surface area contributed by atoms with Crippen molar-refractivity contribution < 1.29 is 9.21 Å². The maximum absolute atomic E-state index is 11.9. The zero-order chi connectivity index (χ0) is 15.5. The topological polar surface area (TPSA) is 81.2 Å². The maximum Gasteiger partial charge on any atom is 0.226 e. The second-order valence-electron chi connectivity index (χ2n) is 5.83. The van der Waals surface area contributed by atoms with Crippen LogP contribution in [0.15, 0.2) is 34.7 Å². The van der Waals surface area contributed by atoms with E-state index >= 15 is 0 Å². The van der Waals surface area contributed by atoms with Gasteiger partial charge in [-0.25, -0.2) is 4.98 Å². The number of oxazole rings is 1. The van der Waals surface area contributed by atoms with Gasteiger partial charge in [-0.3, -0.25) is 4.79 Å². The van der Waals surface area contributed by atoms with Gasteiger partial charge in [0.25, 0.3) is 0 Å². The Morgan fingerprint density at radius 2 is 2.00 bits per heavy atom. The molecule has 2 aromatic rings. The SMILES string of the molecule is Cc1oc(-c2ccccc2)nc1CC(=O)NCC(C)(C)N. The van der Waals surface area contributed by atoms with Crippen LogP contribution in [0, 0.1) is 6.92 Å². The molecule has 1 aromatic heterocycles. The summed E-state index contributed by atoms with van der Waals surface area (Å²) in [6.45, 7) is 5.97. The van der Waals surface area contributed by atoms with Gasteiger partial charge in [0.2, 0.25) is 11.8 Å². The third kappa shape index (κ3) is 4.43. The molecule has 0 atom stereocenters. The zero-order valence-electron chi connectivity index (χ0n) is 12.6. The number of nitrogens with two attached hydrogens (primary N) is 1. The molecule has 0 aliphatic heterocycles. The fourth-order valence-corrected chi connectivity index (χ4v) is 1.84. The minimum absolute atomic E-state index is 0.107. The van der Waals surface area contributed by atoms with Crippen molar-refractivity contribution in [2.24, 2.45) is 5.73 Å². The van der Waals surface area contributed by atoms with Crippen molar-refractivity contribution in [1.29, 1.82) is 0 Å². The van der Waals surface area contributed by atoms with E-state index in [0.29, 0.717) is 23.9 Å². The number of nitrogens with one attached hydrogen (secondary N) is 1. The zero-order valence-corrected chi connectivity index (χ0v) is 12.6. The summed E-state index contributed by atoms with van der Waals surface area (Å²) in [5.41, 5.74) is 6.96. The van der Waals surface area contributed by atoms with E-state index in [2.05, 4.69) is 10.3 Å². The summed E-state index contributed by atoms with van der Waals surface area (Å²) in [7, 11) is 0. The van der Waals surface area contributed by atoms with Crippen LogP contribution in [0.1, 0.15) is 25.3 Å². The number of carbonyl (C=O) groups is 1. The van der Waals surface area contributed by atoms with E-state index in [4.69, 9.17) is 10.2 Å². The first kappa shape index (κ1) is 15.3. The summed E-state index contributed by atoms with van der Waals surface area (Å²) in [6, 6.07) is 9.62. The lowest BCUT2D eigenvalue weighted by Crippen LogP contribution is -2.45. The summed E-state index contributed by atoms with van der Waals surface area (Å²) >= 11 is 0. The molecule has 0 spiro atoms. The lowest BCUT2D eigenvalue weighted by Gasteiger charge is -2.18. The molecule has 5 nitrogen and oxygen atoms in total. The molecule has 21 heavy (non-hydrogen) atoms. The molecular formula is C16H21N3O2. The fraction of sp³-hybridized carbons (Fsp3) is 0.375. The molecule has 2 rings (SSSR count). The fourth-order valence-electron chi connectivity index (χ4n) is 1.84. The average Bonchev–Trinajstić information content (AvgIpc) is 2.78. The Labute approximate surface area is 124 Å². The number of amides is 1. The normalized spacial score (nSPS) is 11.4. The first-order valence-corrected chi connectivity index (χ1v) is 6.92. The number of nitrogens with zero attached hydrogens (tertiary/aromatic N) is 1. The highest BCUT2D eigenvalue weighted by Crippen LogP contribution is 2.21. The van der Waals surface area contributed by atoms with Crippen LogP contribution in [0.4, 0.5) is 0 Å². The second-order valence-corrected chi connectivity index (χ2v) is 5.83. The number of hydrogen-bond donors (Lipinski definition) is 2. The number of carbonyl (C=O) groups excluding carboxylic acids is 1. The molecule has 3 N–H and O–H groups in total. The molecule has 0 saturated heterocycles. The number of aryl methyl sites for hydroxylation is 1. The third-order valence-electron chi connectivity index (χ3n) is 2.98. The van der Waals surface area contributed by atoms with E-state index in [9.17, 15) is 4.79 Å². The van der Waals surface area contributed by atoms with Gasteiger partial charge in [0.05, 0.1) is 12.1 Å². The summed E-state index contributed by atoms with van der Waals surface area (Å²) in [5.74, 6) is 1.09. The first-order valence-electron chi connectivity index (χ1n) is 6.92. The van der Waals surface area contributed by atoms with Crippen LogP contribution in [-0.2, 0) is 11.2 Å². The highest BCUT2D eigenvalue weighted by Gasteiger charge is 2.16. The van der Waals surface area contributed by atoms with Crippen LogP contribution in [-0.4, -0.2) is 23.0 Å². The van der Waals surface area contributed by atoms with Gasteiger partial charge in [-0.1, -0.05) is 18.2 Å². The van der Waals surface area contributed by atoms with Crippen molar-refractivity contribution >= 4 is 5.91 Å². The van der Waals surface area contributed by atoms with Crippen molar-refractivity contribution in [2.75, 3.05) is 6.54 Å². The van der Waals surface area contributed by atoms with Gasteiger partial charge in [-0.05, 0) is 32.9 Å². The molecule has 0 unspecified atom stereocenters. The molecule has 0 radical (unpaired) electrons. The average molecular weight is 287 g/mol. The standard InChI is InChI=1S/C16H21N3O2/c1-11-13(9-14(20)18-10-16(2,3)17)19-15(21-11)12-7-5-4-6-8-12/h4-8H,9-10,17H2,1-3H3,(H,18,20). The lowest BCUT2D eigenvalue weighted by atomic mass is 10.1. The lowest BCUT2D eigenvalue weighted by molar-refractivity contribution is -0.120. The largest absolute Gasteiger partial charge is 0.441 e. The Bertz CT molecular complexity index is 612. The van der Waals surface area contributed by atoms with Crippen molar-refractivity contribution in [1.82, 2.24) is 10.3 Å². The van der Waals surface area contributed by atoms with E-state index in [1.54, 1.807) is 0 Å². The van der Waals surface area contributed by atoms with E-state index in [1.165, 1.54) is 0 Å². The number of aromatic nitrogens is 1. The number of rotatable bonds is 5. The Balaban J connectivity index is 2.05. The van der Waals surface area contributed by atoms with Gasteiger partial charge in [-0.2, -0.15) is 0 Å². The summed E-state index contributed by atoms with van der Waals surface area (Å²) in [4.78, 5) is 16.3. The van der Waals surface area contributed by atoms with E-state index in [0.717, 1.165) is 5.56 Å². The van der Waals surface area contributed by atoms with Gasteiger partial charge in [-0.15, -0.1) is 0 Å². The molecular weight excluding hydrogens is 266 g/mol. The van der Waals surface area contributed by atoms with Crippen molar-refractivity contribution in [3.05, 3.63) is 41.8 Å². The molecule has 0 aliphatic rings. The smallest absolute Gasteiger partial charge is 0.226 e. The predicted octanol–water partition coefficient (Wildman–Crippen LogP) is 2.05. The Hall–Kier alpha value is -2.14. The van der Waals surface area contributed by atoms with Gasteiger partial charge >= 0.3 is 0 Å². The van der Waals surface area contributed by atoms with Crippen LogP contribution in [0.3, 0.4) is 0 Å². The minimum atomic E-state index is -0.427. The number of hydrogen-bond acceptors (Lipinski definition) is 4. The maximum atomic E-state index is 11.9. The van der Waals surface area contributed by atoms with Crippen LogP contribution in [0.25, 0.3) is 11.5 Å². The highest BCUT2D eigenvalue weighted by atomic mass is 16.4. The molecule has 1 heterocycles. The molecule has 1 aromatic carbocycles. The monoisotopic (exact) mass is 287 g/mol.